The SMILES string of the molecule is O=C(OC(C(=O)NCC1CCCO1)c1ccncc1)c1cccs1. The second kappa shape index (κ2) is 8.03. The topological polar surface area (TPSA) is 77.5 Å². The summed E-state index contributed by atoms with van der Waals surface area (Å²) in [5.74, 6) is -0.874. The Hall–Kier alpha value is -2.25. The molecule has 2 aromatic heterocycles. The van der Waals surface area contributed by atoms with Gasteiger partial charge < -0.3 is 14.8 Å². The minimum absolute atomic E-state index is 0.0278. The zero-order valence-electron chi connectivity index (χ0n) is 13.0. The average molecular weight is 346 g/mol. The number of rotatable bonds is 6. The zero-order chi connectivity index (χ0) is 16.8. The molecule has 6 nitrogen and oxygen atoms in total. The van der Waals surface area contributed by atoms with Gasteiger partial charge in [-0.15, -0.1) is 11.3 Å². The number of amides is 1. The molecule has 2 unspecified atom stereocenters. The van der Waals surface area contributed by atoms with Gasteiger partial charge in [-0.25, -0.2) is 4.79 Å². The fourth-order valence-corrected chi connectivity index (χ4v) is 3.09. The fraction of sp³-hybridized carbons (Fsp3) is 0.353. The Balaban J connectivity index is 1.69. The largest absolute Gasteiger partial charge is 0.443 e. The van der Waals surface area contributed by atoms with Crippen molar-refractivity contribution in [3.05, 3.63) is 52.5 Å². The molecule has 126 valence electrons. The smallest absolute Gasteiger partial charge is 0.349 e. The van der Waals surface area contributed by atoms with Crippen LogP contribution in [0.15, 0.2) is 42.0 Å². The molecular formula is C17H18N2O4S. The summed E-state index contributed by atoms with van der Waals surface area (Å²) in [5, 5.41) is 4.60. The summed E-state index contributed by atoms with van der Waals surface area (Å²) in [6, 6.07) is 6.76. The fourth-order valence-electron chi connectivity index (χ4n) is 2.48. The minimum Gasteiger partial charge on any atom is -0.443 e. The molecule has 0 radical (unpaired) electrons. The predicted octanol–water partition coefficient (Wildman–Crippen LogP) is 2.34. The summed E-state index contributed by atoms with van der Waals surface area (Å²) in [4.78, 5) is 29.2. The maximum absolute atomic E-state index is 12.5. The van der Waals surface area contributed by atoms with Crippen LogP contribution in [0.25, 0.3) is 0 Å². The van der Waals surface area contributed by atoms with E-state index >= 15 is 0 Å². The van der Waals surface area contributed by atoms with Crippen LogP contribution < -0.4 is 5.32 Å². The van der Waals surface area contributed by atoms with Crippen LogP contribution >= 0.6 is 11.3 Å². The van der Waals surface area contributed by atoms with Crippen LogP contribution in [0.3, 0.4) is 0 Å². The molecule has 1 aliphatic rings. The lowest BCUT2D eigenvalue weighted by atomic mass is 10.1. The summed E-state index contributed by atoms with van der Waals surface area (Å²) >= 11 is 1.28. The van der Waals surface area contributed by atoms with Crippen molar-refractivity contribution >= 4 is 23.2 Å². The molecule has 0 spiro atoms. The van der Waals surface area contributed by atoms with Crippen molar-refractivity contribution in [1.29, 1.82) is 0 Å². The van der Waals surface area contributed by atoms with E-state index in [1.54, 1.807) is 42.0 Å². The van der Waals surface area contributed by atoms with Crippen LogP contribution in [0.5, 0.6) is 0 Å². The first-order valence-corrected chi connectivity index (χ1v) is 8.66. The van der Waals surface area contributed by atoms with Gasteiger partial charge in [-0.3, -0.25) is 9.78 Å². The Morgan fingerprint density at radius 3 is 2.88 bits per heavy atom. The van der Waals surface area contributed by atoms with Crippen molar-refractivity contribution in [2.24, 2.45) is 0 Å². The molecule has 2 aromatic rings. The molecule has 2 atom stereocenters. The number of hydrogen-bond donors (Lipinski definition) is 1. The molecule has 1 amide bonds. The third kappa shape index (κ3) is 4.18. The van der Waals surface area contributed by atoms with Crippen molar-refractivity contribution in [2.75, 3.05) is 13.2 Å². The van der Waals surface area contributed by atoms with E-state index in [0.717, 1.165) is 19.4 Å². The number of pyridine rings is 1. The molecule has 0 saturated carbocycles. The van der Waals surface area contributed by atoms with E-state index in [9.17, 15) is 9.59 Å². The number of carbonyl (C=O) groups is 2. The summed E-state index contributed by atoms with van der Waals surface area (Å²) < 4.78 is 10.9. The van der Waals surface area contributed by atoms with Crippen molar-refractivity contribution in [3.8, 4) is 0 Å². The van der Waals surface area contributed by atoms with Gasteiger partial charge in [0.25, 0.3) is 5.91 Å². The Morgan fingerprint density at radius 2 is 2.21 bits per heavy atom. The average Bonchev–Trinajstić information content (AvgIpc) is 3.31. The Bertz CT molecular complexity index is 669. The highest BCUT2D eigenvalue weighted by molar-refractivity contribution is 7.11. The number of ether oxygens (including phenoxy) is 2. The summed E-state index contributed by atoms with van der Waals surface area (Å²) in [5.41, 5.74) is 0.583. The lowest BCUT2D eigenvalue weighted by Crippen LogP contribution is -2.36. The van der Waals surface area contributed by atoms with Gasteiger partial charge >= 0.3 is 5.97 Å². The monoisotopic (exact) mass is 346 g/mol. The summed E-state index contributed by atoms with van der Waals surface area (Å²) in [6.45, 7) is 1.14. The highest BCUT2D eigenvalue weighted by Crippen LogP contribution is 2.21. The first-order chi connectivity index (χ1) is 11.7. The van der Waals surface area contributed by atoms with Gasteiger partial charge in [-0.05, 0) is 36.4 Å². The maximum Gasteiger partial charge on any atom is 0.349 e. The molecule has 1 saturated heterocycles. The molecule has 24 heavy (non-hydrogen) atoms. The van der Waals surface area contributed by atoms with Gasteiger partial charge in [-0.1, -0.05) is 6.07 Å². The molecule has 1 aliphatic heterocycles. The third-order valence-corrected chi connectivity index (χ3v) is 4.57. The number of hydrogen-bond acceptors (Lipinski definition) is 6. The predicted molar refractivity (Wildman–Crippen MR) is 88.7 cm³/mol. The number of thiophene rings is 1. The normalized spacial score (nSPS) is 18.1. The molecule has 0 bridgehead atoms. The van der Waals surface area contributed by atoms with Gasteiger partial charge in [0.1, 0.15) is 4.88 Å². The standard InChI is InChI=1S/C17H18N2O4S/c20-16(19-11-13-3-1-9-22-13)15(12-5-7-18-8-6-12)23-17(21)14-4-2-10-24-14/h2,4-8,10,13,15H,1,3,9,11H2,(H,19,20). The van der Waals surface area contributed by atoms with E-state index in [2.05, 4.69) is 10.3 Å². The van der Waals surface area contributed by atoms with Crippen molar-refractivity contribution < 1.29 is 19.1 Å². The van der Waals surface area contributed by atoms with Crippen LogP contribution in [0.1, 0.15) is 34.2 Å². The van der Waals surface area contributed by atoms with Gasteiger partial charge in [0, 0.05) is 31.1 Å². The van der Waals surface area contributed by atoms with Crippen LogP contribution in [-0.4, -0.2) is 36.1 Å². The minimum atomic E-state index is -1.01. The van der Waals surface area contributed by atoms with Gasteiger partial charge in [-0.2, -0.15) is 0 Å². The number of carbonyl (C=O) groups excluding carboxylic acids is 2. The molecule has 3 rings (SSSR count). The Kier molecular flexibility index (Phi) is 5.55. The maximum atomic E-state index is 12.5. The van der Waals surface area contributed by atoms with Gasteiger partial charge in [0.2, 0.25) is 6.10 Å². The second-order valence-corrected chi connectivity index (χ2v) is 6.37. The van der Waals surface area contributed by atoms with E-state index < -0.39 is 12.1 Å². The van der Waals surface area contributed by atoms with E-state index in [1.807, 2.05) is 0 Å². The van der Waals surface area contributed by atoms with Crippen molar-refractivity contribution in [1.82, 2.24) is 10.3 Å². The highest BCUT2D eigenvalue weighted by Gasteiger charge is 2.27. The molecular weight excluding hydrogens is 328 g/mol. The first-order valence-electron chi connectivity index (χ1n) is 7.78. The van der Waals surface area contributed by atoms with Crippen molar-refractivity contribution in [3.63, 3.8) is 0 Å². The number of esters is 1. The molecule has 1 fully saturated rings. The van der Waals surface area contributed by atoms with E-state index in [0.29, 0.717) is 17.0 Å². The van der Waals surface area contributed by atoms with Crippen LogP contribution in [0, 0.1) is 0 Å². The third-order valence-electron chi connectivity index (χ3n) is 3.72. The summed E-state index contributed by atoms with van der Waals surface area (Å²) in [7, 11) is 0. The van der Waals surface area contributed by atoms with E-state index in [-0.39, 0.29) is 12.0 Å². The van der Waals surface area contributed by atoms with E-state index in [4.69, 9.17) is 9.47 Å². The van der Waals surface area contributed by atoms with Gasteiger partial charge in [0.05, 0.1) is 6.10 Å². The van der Waals surface area contributed by atoms with Crippen LogP contribution in [-0.2, 0) is 14.3 Å². The number of aromatic nitrogens is 1. The van der Waals surface area contributed by atoms with Crippen molar-refractivity contribution in [2.45, 2.75) is 25.0 Å². The first kappa shape index (κ1) is 16.6. The molecule has 1 N–H and O–H groups in total. The van der Waals surface area contributed by atoms with Crippen LogP contribution in [0.2, 0.25) is 0 Å². The molecule has 7 heteroatoms. The molecule has 0 aromatic carbocycles. The Morgan fingerprint density at radius 1 is 1.38 bits per heavy atom. The number of nitrogens with zero attached hydrogens (tertiary/aromatic N) is 1. The quantitative estimate of drug-likeness (QED) is 0.813. The highest BCUT2D eigenvalue weighted by atomic mass is 32.1. The zero-order valence-corrected chi connectivity index (χ0v) is 13.8. The molecule has 0 aliphatic carbocycles. The Labute approximate surface area is 143 Å². The second-order valence-electron chi connectivity index (χ2n) is 5.42. The van der Waals surface area contributed by atoms with Gasteiger partial charge in [0.15, 0.2) is 0 Å². The lowest BCUT2D eigenvalue weighted by Gasteiger charge is -2.19. The van der Waals surface area contributed by atoms with E-state index in [1.165, 1.54) is 11.3 Å². The van der Waals surface area contributed by atoms with Crippen LogP contribution in [0.4, 0.5) is 0 Å². The number of nitrogens with one attached hydrogen (secondary N) is 1. The lowest BCUT2D eigenvalue weighted by molar-refractivity contribution is -0.130. The molecule has 3 heterocycles. The summed E-state index contributed by atoms with van der Waals surface area (Å²) in [6.07, 6.45) is 4.07.